The molecule has 0 amide bonds. The van der Waals surface area contributed by atoms with Gasteiger partial charge in [-0.15, -0.1) is 0 Å². The molecule has 0 aliphatic carbocycles. The average molecular weight is 345 g/mol. The van der Waals surface area contributed by atoms with Crippen molar-refractivity contribution in [2.75, 3.05) is 38.3 Å². The van der Waals surface area contributed by atoms with Gasteiger partial charge in [0, 0.05) is 44.8 Å². The molecule has 3 heterocycles. The molecule has 0 bridgehead atoms. The Kier molecular flexibility index (Phi) is 5.22. The van der Waals surface area contributed by atoms with Crippen molar-refractivity contribution in [1.82, 2.24) is 19.7 Å². The fourth-order valence-electron chi connectivity index (χ4n) is 3.59. The van der Waals surface area contributed by atoms with E-state index in [9.17, 15) is 0 Å². The first-order valence-electron chi connectivity index (χ1n) is 8.74. The van der Waals surface area contributed by atoms with Gasteiger partial charge in [0.15, 0.2) is 0 Å². The maximum absolute atomic E-state index is 5.75. The molecule has 1 aliphatic rings. The molecule has 0 radical (unpaired) electrons. The predicted octanol–water partition coefficient (Wildman–Crippen LogP) is 2.09. The van der Waals surface area contributed by atoms with Gasteiger partial charge in [0.05, 0.1) is 25.5 Å². The fourth-order valence-corrected chi connectivity index (χ4v) is 3.59. The molecule has 7 nitrogen and oxygen atoms in total. The Morgan fingerprint density at radius 2 is 2.04 bits per heavy atom. The van der Waals surface area contributed by atoms with Gasteiger partial charge in [0.2, 0.25) is 5.88 Å². The first-order valence-corrected chi connectivity index (χ1v) is 8.74. The molecule has 1 fully saturated rings. The summed E-state index contributed by atoms with van der Waals surface area (Å²) in [6.45, 7) is 9.22. The second-order valence-electron chi connectivity index (χ2n) is 6.61. The number of nitrogens with zero attached hydrogens (tertiary/aromatic N) is 5. The molecule has 25 heavy (non-hydrogen) atoms. The normalized spacial score (nSPS) is 20.3. The number of hydrogen-bond donors (Lipinski definition) is 0. The first kappa shape index (κ1) is 17.7. The molecule has 0 aromatic carbocycles. The number of anilines is 1. The van der Waals surface area contributed by atoms with Crippen molar-refractivity contribution in [3.8, 4) is 5.88 Å². The van der Waals surface area contributed by atoms with E-state index in [1.54, 1.807) is 7.11 Å². The quantitative estimate of drug-likeness (QED) is 0.799. The van der Waals surface area contributed by atoms with Crippen molar-refractivity contribution in [3.63, 3.8) is 0 Å². The summed E-state index contributed by atoms with van der Waals surface area (Å²) in [5, 5.41) is 4.34. The number of methoxy groups -OCH3 is 1. The van der Waals surface area contributed by atoms with Gasteiger partial charge in [0.1, 0.15) is 11.6 Å². The summed E-state index contributed by atoms with van der Waals surface area (Å²) in [7, 11) is 3.61. The van der Waals surface area contributed by atoms with Crippen LogP contribution in [0.4, 0.5) is 5.82 Å². The zero-order chi connectivity index (χ0) is 18.0. The van der Waals surface area contributed by atoms with E-state index >= 15 is 0 Å². The maximum Gasteiger partial charge on any atom is 0.221 e. The lowest BCUT2D eigenvalue weighted by atomic mass is 9.92. The molecule has 136 valence electrons. The largest absolute Gasteiger partial charge is 0.481 e. The van der Waals surface area contributed by atoms with Crippen LogP contribution in [0.3, 0.4) is 0 Å². The Labute approximate surface area is 149 Å². The summed E-state index contributed by atoms with van der Waals surface area (Å²) >= 11 is 0. The molecular formula is C18H27N5O2. The highest BCUT2D eigenvalue weighted by Gasteiger charge is 2.36. The zero-order valence-corrected chi connectivity index (χ0v) is 15.7. The predicted molar refractivity (Wildman–Crippen MR) is 96.2 cm³/mol. The molecule has 1 aliphatic heterocycles. The van der Waals surface area contributed by atoms with Crippen LogP contribution in [0.2, 0.25) is 0 Å². The molecule has 2 atom stereocenters. The topological polar surface area (TPSA) is 65.3 Å². The van der Waals surface area contributed by atoms with Gasteiger partial charge in [0.25, 0.3) is 0 Å². The molecule has 0 N–H and O–H groups in total. The van der Waals surface area contributed by atoms with E-state index in [1.165, 1.54) is 5.56 Å². The van der Waals surface area contributed by atoms with E-state index in [1.807, 2.05) is 38.7 Å². The molecule has 2 aromatic heterocycles. The third-order valence-electron chi connectivity index (χ3n) is 4.81. The highest BCUT2D eigenvalue weighted by atomic mass is 16.5. The van der Waals surface area contributed by atoms with Crippen molar-refractivity contribution >= 4 is 5.82 Å². The van der Waals surface area contributed by atoms with Gasteiger partial charge >= 0.3 is 0 Å². The van der Waals surface area contributed by atoms with Crippen LogP contribution in [0.5, 0.6) is 5.88 Å². The highest BCUT2D eigenvalue weighted by molar-refractivity contribution is 5.52. The van der Waals surface area contributed by atoms with E-state index < -0.39 is 0 Å². The second-order valence-corrected chi connectivity index (χ2v) is 6.61. The summed E-state index contributed by atoms with van der Waals surface area (Å²) in [4.78, 5) is 11.4. The van der Waals surface area contributed by atoms with Crippen molar-refractivity contribution in [1.29, 1.82) is 0 Å². The fraction of sp³-hybridized carbons (Fsp3) is 0.611. The Hall–Kier alpha value is -2.15. The number of aryl methyl sites for hydroxylation is 2. The van der Waals surface area contributed by atoms with E-state index in [0.717, 1.165) is 43.5 Å². The minimum atomic E-state index is 0.376. The second kappa shape index (κ2) is 7.39. The summed E-state index contributed by atoms with van der Waals surface area (Å²) < 4.78 is 13.0. The SMILES string of the molecule is CCOC[C@@H]1CN(c2nc(C)nc(OC)c2C)C[C@H]1c1cnn(C)c1. The van der Waals surface area contributed by atoms with Crippen molar-refractivity contribution in [3.05, 3.63) is 29.3 Å². The van der Waals surface area contributed by atoms with Crippen LogP contribution in [0.25, 0.3) is 0 Å². The van der Waals surface area contributed by atoms with Gasteiger partial charge in [-0.3, -0.25) is 4.68 Å². The summed E-state index contributed by atoms with van der Waals surface area (Å²) in [6.07, 6.45) is 4.07. The lowest BCUT2D eigenvalue weighted by Crippen LogP contribution is -2.24. The van der Waals surface area contributed by atoms with Crippen LogP contribution >= 0.6 is 0 Å². The Morgan fingerprint density at radius 1 is 1.24 bits per heavy atom. The third kappa shape index (κ3) is 3.61. The summed E-state index contributed by atoms with van der Waals surface area (Å²) in [6, 6.07) is 0. The van der Waals surface area contributed by atoms with Crippen LogP contribution < -0.4 is 9.64 Å². The van der Waals surface area contributed by atoms with E-state index in [4.69, 9.17) is 9.47 Å². The average Bonchev–Trinajstić information content (AvgIpc) is 3.20. The van der Waals surface area contributed by atoms with Gasteiger partial charge in [-0.25, -0.2) is 4.98 Å². The van der Waals surface area contributed by atoms with E-state index in [0.29, 0.717) is 17.7 Å². The number of ether oxygens (including phenoxy) is 2. The molecule has 0 spiro atoms. The number of hydrogen-bond acceptors (Lipinski definition) is 6. The lowest BCUT2D eigenvalue weighted by molar-refractivity contribution is 0.111. The minimum Gasteiger partial charge on any atom is -0.481 e. The Balaban J connectivity index is 1.90. The monoisotopic (exact) mass is 345 g/mol. The van der Waals surface area contributed by atoms with Crippen LogP contribution in [-0.2, 0) is 11.8 Å². The highest BCUT2D eigenvalue weighted by Crippen LogP contribution is 2.37. The van der Waals surface area contributed by atoms with Gasteiger partial charge in [-0.05, 0) is 26.3 Å². The molecule has 1 saturated heterocycles. The lowest BCUT2D eigenvalue weighted by Gasteiger charge is -2.21. The third-order valence-corrected chi connectivity index (χ3v) is 4.81. The Bertz CT molecular complexity index is 730. The molecular weight excluding hydrogens is 318 g/mol. The smallest absolute Gasteiger partial charge is 0.221 e. The number of aromatic nitrogens is 4. The van der Waals surface area contributed by atoms with Crippen molar-refractivity contribution < 1.29 is 9.47 Å². The molecule has 2 aromatic rings. The number of rotatable bonds is 6. The van der Waals surface area contributed by atoms with Crippen LogP contribution in [0.1, 0.15) is 29.8 Å². The zero-order valence-electron chi connectivity index (χ0n) is 15.7. The van der Waals surface area contributed by atoms with Crippen LogP contribution in [-0.4, -0.2) is 53.2 Å². The molecule has 3 rings (SSSR count). The maximum atomic E-state index is 5.75. The van der Waals surface area contributed by atoms with Crippen LogP contribution in [0, 0.1) is 19.8 Å². The molecule has 7 heteroatoms. The summed E-state index contributed by atoms with van der Waals surface area (Å²) in [5.74, 6) is 3.11. The van der Waals surface area contributed by atoms with Crippen molar-refractivity contribution in [2.45, 2.75) is 26.7 Å². The summed E-state index contributed by atoms with van der Waals surface area (Å²) in [5.41, 5.74) is 2.24. The first-order chi connectivity index (χ1) is 12.0. The van der Waals surface area contributed by atoms with Gasteiger partial charge < -0.3 is 14.4 Å². The van der Waals surface area contributed by atoms with E-state index in [-0.39, 0.29) is 0 Å². The van der Waals surface area contributed by atoms with E-state index in [2.05, 4.69) is 26.2 Å². The standard InChI is InChI=1S/C18H27N5O2/c1-6-25-11-15-9-23(10-16(15)14-7-19-22(4)8-14)17-12(2)18(24-5)21-13(3)20-17/h7-8,15-16H,6,9-11H2,1-5H3/t15-,16-/m0/s1. The van der Waals surface area contributed by atoms with Gasteiger partial charge in [-0.2, -0.15) is 10.1 Å². The van der Waals surface area contributed by atoms with Crippen LogP contribution in [0.15, 0.2) is 12.4 Å². The Morgan fingerprint density at radius 3 is 2.68 bits per heavy atom. The minimum absolute atomic E-state index is 0.376. The van der Waals surface area contributed by atoms with Crippen molar-refractivity contribution in [2.24, 2.45) is 13.0 Å². The molecule has 0 unspecified atom stereocenters. The van der Waals surface area contributed by atoms with Gasteiger partial charge in [-0.1, -0.05) is 0 Å². The molecule has 0 saturated carbocycles.